The third kappa shape index (κ3) is 2.69. The molecule has 2 atom stereocenters. The monoisotopic (exact) mass is 373 g/mol. The van der Waals surface area contributed by atoms with Crippen LogP contribution in [-0.2, 0) is 4.79 Å². The first-order chi connectivity index (χ1) is 13.1. The van der Waals surface area contributed by atoms with Crippen molar-refractivity contribution >= 4 is 23.6 Å². The fraction of sp³-hybridized carbons (Fsp3) is 0.500. The minimum absolute atomic E-state index is 0.0639. The number of aliphatic hydroxyl groups excluding tert-OH is 1. The number of methoxy groups -OCH3 is 1. The molecule has 144 valence electrons. The molecule has 1 N–H and O–H groups in total. The minimum Gasteiger partial charge on any atom is -0.497 e. The summed E-state index contributed by atoms with van der Waals surface area (Å²) in [5.41, 5.74) is 0.967. The molecule has 0 saturated carbocycles. The van der Waals surface area contributed by atoms with Gasteiger partial charge in [-0.05, 0) is 30.7 Å². The van der Waals surface area contributed by atoms with E-state index in [2.05, 4.69) is 4.90 Å². The molecule has 3 heterocycles. The zero-order valence-corrected chi connectivity index (χ0v) is 15.4. The lowest BCUT2D eigenvalue weighted by atomic mass is 10.1. The van der Waals surface area contributed by atoms with E-state index in [9.17, 15) is 9.59 Å². The number of nitrogens with zero attached hydrogens (tertiary/aromatic N) is 5. The number of benzene rings is 1. The Hall–Kier alpha value is -2.81. The number of likely N-dealkylation sites (N-methyl/N-ethyl adjacent to an activating group) is 1. The molecule has 2 saturated heterocycles. The van der Waals surface area contributed by atoms with Gasteiger partial charge in [0.05, 0.1) is 7.11 Å². The molecule has 1 aromatic rings. The number of anilines is 1. The molecule has 0 aromatic heterocycles. The number of rotatable bonds is 5. The molecule has 3 aliphatic rings. The third-order valence-electron chi connectivity index (χ3n) is 5.30. The number of aliphatic imine (C=N–C) groups is 1. The van der Waals surface area contributed by atoms with Crippen molar-refractivity contribution in [1.29, 1.82) is 0 Å². The Morgan fingerprint density at radius 2 is 1.96 bits per heavy atom. The van der Waals surface area contributed by atoms with E-state index in [1.54, 1.807) is 14.2 Å². The van der Waals surface area contributed by atoms with Gasteiger partial charge in [-0.15, -0.1) is 0 Å². The predicted octanol–water partition coefficient (Wildman–Crippen LogP) is 0.158. The van der Waals surface area contributed by atoms with Crippen LogP contribution in [0.3, 0.4) is 0 Å². The summed E-state index contributed by atoms with van der Waals surface area (Å²) >= 11 is 0. The zero-order valence-electron chi connectivity index (χ0n) is 15.4. The van der Waals surface area contributed by atoms with Crippen LogP contribution in [0.5, 0.6) is 5.75 Å². The van der Waals surface area contributed by atoms with Crippen LogP contribution in [0.1, 0.15) is 6.42 Å². The van der Waals surface area contributed by atoms with Crippen LogP contribution in [-0.4, -0.2) is 90.3 Å². The molecular weight excluding hydrogens is 350 g/mol. The molecule has 9 nitrogen and oxygen atoms in total. The number of fused-ring (bicyclic) bond motifs is 3. The van der Waals surface area contributed by atoms with Gasteiger partial charge in [0.15, 0.2) is 12.2 Å². The summed E-state index contributed by atoms with van der Waals surface area (Å²) in [6, 6.07) is 6.81. The van der Waals surface area contributed by atoms with Gasteiger partial charge < -0.3 is 24.5 Å². The molecular formula is C18H23N5O4. The first-order valence-electron chi connectivity index (χ1n) is 9.02. The second kappa shape index (κ2) is 6.73. The largest absolute Gasteiger partial charge is 0.497 e. The lowest BCUT2D eigenvalue weighted by Crippen LogP contribution is -2.64. The number of hydrogen-bond donors (Lipinski definition) is 1. The van der Waals surface area contributed by atoms with Crippen molar-refractivity contribution in [2.75, 3.05) is 45.3 Å². The van der Waals surface area contributed by atoms with Gasteiger partial charge in [0.25, 0.3) is 5.91 Å². The highest BCUT2D eigenvalue weighted by atomic mass is 16.5. The van der Waals surface area contributed by atoms with Crippen LogP contribution >= 0.6 is 0 Å². The average molecular weight is 373 g/mol. The highest BCUT2D eigenvalue weighted by molar-refractivity contribution is 6.07. The number of ether oxygens (including phenoxy) is 1. The Bertz CT molecular complexity index is 780. The number of aliphatic hydroxyl groups is 1. The summed E-state index contributed by atoms with van der Waals surface area (Å²) in [6.45, 7) is 1.53. The molecule has 0 spiro atoms. The maximum Gasteiger partial charge on any atom is 0.328 e. The summed E-state index contributed by atoms with van der Waals surface area (Å²) in [6.07, 6.45) is -0.152. The molecule has 3 aliphatic heterocycles. The van der Waals surface area contributed by atoms with Crippen molar-refractivity contribution < 1.29 is 19.4 Å². The molecule has 2 fully saturated rings. The van der Waals surface area contributed by atoms with E-state index in [1.807, 2.05) is 29.2 Å². The molecule has 0 bridgehead atoms. The van der Waals surface area contributed by atoms with Crippen molar-refractivity contribution in [2.45, 2.75) is 18.6 Å². The molecule has 27 heavy (non-hydrogen) atoms. The van der Waals surface area contributed by atoms with Crippen molar-refractivity contribution in [3.8, 4) is 5.75 Å². The quantitative estimate of drug-likeness (QED) is 0.791. The summed E-state index contributed by atoms with van der Waals surface area (Å²) < 4.78 is 5.21. The average Bonchev–Trinajstić information content (AvgIpc) is 3.26. The van der Waals surface area contributed by atoms with Crippen LogP contribution in [0.4, 0.5) is 10.5 Å². The van der Waals surface area contributed by atoms with E-state index in [1.165, 1.54) is 9.80 Å². The van der Waals surface area contributed by atoms with Crippen LogP contribution in [0, 0.1) is 0 Å². The first-order valence-corrected chi connectivity index (χ1v) is 9.02. The Balaban J connectivity index is 1.61. The smallest absolute Gasteiger partial charge is 0.328 e. The number of hydrogen-bond acceptors (Lipinski definition) is 7. The molecule has 0 aliphatic carbocycles. The van der Waals surface area contributed by atoms with E-state index in [-0.39, 0.29) is 25.1 Å². The number of urea groups is 1. The Morgan fingerprint density at radius 1 is 1.22 bits per heavy atom. The number of imide groups is 1. The van der Waals surface area contributed by atoms with E-state index >= 15 is 0 Å². The Kier molecular flexibility index (Phi) is 4.39. The summed E-state index contributed by atoms with van der Waals surface area (Å²) in [5.74, 6) is 1.25. The van der Waals surface area contributed by atoms with Crippen LogP contribution < -0.4 is 9.64 Å². The lowest BCUT2D eigenvalue weighted by molar-refractivity contribution is -0.137. The van der Waals surface area contributed by atoms with E-state index in [0.717, 1.165) is 18.0 Å². The van der Waals surface area contributed by atoms with Gasteiger partial charge in [-0.3, -0.25) is 9.69 Å². The van der Waals surface area contributed by atoms with Gasteiger partial charge >= 0.3 is 6.03 Å². The second-order valence-electron chi connectivity index (χ2n) is 6.79. The Labute approximate surface area is 157 Å². The Morgan fingerprint density at radius 3 is 2.63 bits per heavy atom. The van der Waals surface area contributed by atoms with Crippen LogP contribution in [0.2, 0.25) is 0 Å². The van der Waals surface area contributed by atoms with Gasteiger partial charge in [-0.25, -0.2) is 9.79 Å². The summed E-state index contributed by atoms with van der Waals surface area (Å²) in [4.78, 5) is 37.0. The number of carbonyl (C=O) groups excluding carboxylic acids is 2. The molecule has 1 aromatic carbocycles. The fourth-order valence-corrected chi connectivity index (χ4v) is 3.88. The van der Waals surface area contributed by atoms with E-state index in [0.29, 0.717) is 18.9 Å². The zero-order chi connectivity index (χ0) is 19.1. The molecule has 3 amide bonds. The standard InChI is InChI=1S/C18H23N5O4/c1-20-15-14(16(25)23(18(20)26)8-3-11-24)22-10-9-21(17(22)19-15)12-4-6-13(27-2)7-5-12/h4-7,14-15,24H,3,8-11H2,1-2H3. The van der Waals surface area contributed by atoms with Gasteiger partial charge in [0, 0.05) is 39.0 Å². The summed E-state index contributed by atoms with van der Waals surface area (Å²) in [7, 11) is 3.29. The maximum absolute atomic E-state index is 13.0. The predicted molar refractivity (Wildman–Crippen MR) is 98.6 cm³/mol. The normalized spacial score (nSPS) is 24.3. The SMILES string of the molecule is COc1ccc(N2CCN3C2=NC2C3C(=O)N(CCCO)C(=O)N2C)cc1. The first kappa shape index (κ1) is 17.6. The number of guanidine groups is 1. The van der Waals surface area contributed by atoms with Crippen LogP contribution in [0.15, 0.2) is 29.3 Å². The summed E-state index contributed by atoms with van der Waals surface area (Å²) in [5, 5.41) is 9.06. The van der Waals surface area contributed by atoms with Gasteiger partial charge in [0.1, 0.15) is 5.75 Å². The highest BCUT2D eigenvalue weighted by Crippen LogP contribution is 2.33. The van der Waals surface area contributed by atoms with Crippen molar-refractivity contribution in [1.82, 2.24) is 14.7 Å². The van der Waals surface area contributed by atoms with Gasteiger partial charge in [-0.1, -0.05) is 0 Å². The third-order valence-corrected chi connectivity index (χ3v) is 5.30. The topological polar surface area (TPSA) is 88.9 Å². The van der Waals surface area contributed by atoms with E-state index < -0.39 is 12.2 Å². The fourth-order valence-electron chi connectivity index (χ4n) is 3.88. The highest BCUT2D eigenvalue weighted by Gasteiger charge is 2.54. The maximum atomic E-state index is 13.0. The van der Waals surface area contributed by atoms with Crippen molar-refractivity contribution in [3.05, 3.63) is 24.3 Å². The minimum atomic E-state index is -0.522. The molecule has 0 radical (unpaired) electrons. The lowest BCUT2D eigenvalue weighted by Gasteiger charge is -2.40. The molecule has 4 rings (SSSR count). The van der Waals surface area contributed by atoms with Crippen LogP contribution in [0.25, 0.3) is 0 Å². The molecule has 9 heteroatoms. The van der Waals surface area contributed by atoms with Crippen molar-refractivity contribution in [2.24, 2.45) is 4.99 Å². The van der Waals surface area contributed by atoms with Crippen molar-refractivity contribution in [3.63, 3.8) is 0 Å². The number of amides is 3. The van der Waals surface area contributed by atoms with Gasteiger partial charge in [0.2, 0.25) is 5.96 Å². The number of carbonyl (C=O) groups is 2. The molecule has 2 unspecified atom stereocenters. The second-order valence-corrected chi connectivity index (χ2v) is 6.79. The van der Waals surface area contributed by atoms with Gasteiger partial charge in [-0.2, -0.15) is 0 Å². The van der Waals surface area contributed by atoms with E-state index in [4.69, 9.17) is 14.8 Å².